The van der Waals surface area contributed by atoms with Gasteiger partial charge in [-0.05, 0) is 75.9 Å². The second-order valence-electron chi connectivity index (χ2n) is 8.59. The van der Waals surface area contributed by atoms with Gasteiger partial charge in [0.1, 0.15) is 0 Å². The number of unbranched alkanes of at least 4 members (excludes halogenated alkanes) is 1. The Morgan fingerprint density at radius 1 is 1.03 bits per heavy atom. The van der Waals surface area contributed by atoms with Gasteiger partial charge in [0.25, 0.3) is 0 Å². The van der Waals surface area contributed by atoms with E-state index in [1.165, 1.54) is 11.3 Å². The van der Waals surface area contributed by atoms with Gasteiger partial charge < -0.3 is 10.2 Å². The first kappa shape index (κ1) is 22.3. The Bertz CT molecular complexity index is 979. The van der Waals surface area contributed by atoms with Gasteiger partial charge in [0.15, 0.2) is 0 Å². The SMILES string of the molecule is CC(C)(C)S(=O)(=O)NCCCCC(=O)Nc1ccc(N2CCc3ccccc32)cc1. The van der Waals surface area contributed by atoms with E-state index in [0.717, 1.165) is 24.3 Å². The number of nitrogens with zero attached hydrogens (tertiary/aromatic N) is 1. The Kier molecular flexibility index (Phi) is 6.83. The number of fused-ring (bicyclic) bond motifs is 1. The van der Waals surface area contributed by atoms with Gasteiger partial charge in [-0.3, -0.25) is 4.79 Å². The number of hydrogen-bond acceptors (Lipinski definition) is 4. The number of benzene rings is 2. The van der Waals surface area contributed by atoms with E-state index in [9.17, 15) is 13.2 Å². The minimum atomic E-state index is -3.33. The summed E-state index contributed by atoms with van der Waals surface area (Å²) >= 11 is 0. The summed E-state index contributed by atoms with van der Waals surface area (Å²) in [6.07, 6.45) is 2.65. The summed E-state index contributed by atoms with van der Waals surface area (Å²) in [6.45, 7) is 6.30. The molecule has 7 heteroatoms. The molecular formula is C23H31N3O3S. The van der Waals surface area contributed by atoms with Crippen molar-refractivity contribution < 1.29 is 13.2 Å². The van der Waals surface area contributed by atoms with E-state index in [1.54, 1.807) is 20.8 Å². The molecule has 30 heavy (non-hydrogen) atoms. The molecule has 0 atom stereocenters. The van der Waals surface area contributed by atoms with Crippen molar-refractivity contribution in [3.8, 4) is 0 Å². The van der Waals surface area contributed by atoms with E-state index in [4.69, 9.17) is 0 Å². The Labute approximate surface area is 179 Å². The van der Waals surface area contributed by atoms with E-state index in [1.807, 2.05) is 24.3 Å². The zero-order valence-corrected chi connectivity index (χ0v) is 18.8. The first-order valence-corrected chi connectivity index (χ1v) is 11.9. The minimum Gasteiger partial charge on any atom is -0.341 e. The van der Waals surface area contributed by atoms with Gasteiger partial charge in [0.05, 0.1) is 4.75 Å². The fourth-order valence-corrected chi connectivity index (χ4v) is 4.23. The third-order valence-electron chi connectivity index (χ3n) is 5.28. The molecule has 0 spiro atoms. The maximum absolute atomic E-state index is 12.2. The number of nitrogens with one attached hydrogen (secondary N) is 2. The molecule has 0 bridgehead atoms. The fraction of sp³-hybridized carbons (Fsp3) is 0.435. The highest BCUT2D eigenvalue weighted by Crippen LogP contribution is 2.34. The molecule has 162 valence electrons. The number of para-hydroxylation sites is 1. The predicted octanol–water partition coefficient (Wildman–Crippen LogP) is 4.21. The van der Waals surface area contributed by atoms with Gasteiger partial charge >= 0.3 is 0 Å². The second kappa shape index (κ2) is 9.18. The molecule has 0 saturated carbocycles. The Hall–Kier alpha value is -2.38. The molecule has 0 saturated heterocycles. The van der Waals surface area contributed by atoms with Crippen molar-refractivity contribution in [2.45, 2.75) is 51.2 Å². The topological polar surface area (TPSA) is 78.5 Å². The van der Waals surface area contributed by atoms with Crippen LogP contribution in [0, 0.1) is 0 Å². The minimum absolute atomic E-state index is 0.0621. The highest BCUT2D eigenvalue weighted by atomic mass is 32.2. The number of anilines is 3. The van der Waals surface area contributed by atoms with Crippen molar-refractivity contribution in [2.75, 3.05) is 23.3 Å². The third-order valence-corrected chi connectivity index (χ3v) is 7.48. The lowest BCUT2D eigenvalue weighted by Gasteiger charge is -2.20. The summed E-state index contributed by atoms with van der Waals surface area (Å²) in [7, 11) is -3.33. The molecule has 0 radical (unpaired) electrons. The van der Waals surface area contributed by atoms with Crippen LogP contribution in [0.4, 0.5) is 17.1 Å². The molecule has 2 N–H and O–H groups in total. The molecule has 1 heterocycles. The van der Waals surface area contributed by atoms with Gasteiger partial charge in [0, 0.05) is 36.6 Å². The molecular weight excluding hydrogens is 398 g/mol. The number of sulfonamides is 1. The van der Waals surface area contributed by atoms with Crippen LogP contribution in [0.15, 0.2) is 48.5 Å². The molecule has 3 rings (SSSR count). The van der Waals surface area contributed by atoms with Crippen molar-refractivity contribution >= 4 is 33.0 Å². The van der Waals surface area contributed by atoms with Crippen molar-refractivity contribution in [1.29, 1.82) is 0 Å². The molecule has 0 fully saturated rings. The summed E-state index contributed by atoms with van der Waals surface area (Å²) in [4.78, 5) is 14.5. The summed E-state index contributed by atoms with van der Waals surface area (Å²) in [5, 5.41) is 2.91. The first-order valence-electron chi connectivity index (χ1n) is 10.4. The molecule has 2 aromatic rings. The molecule has 6 nitrogen and oxygen atoms in total. The van der Waals surface area contributed by atoms with Crippen molar-refractivity contribution in [2.24, 2.45) is 0 Å². The lowest BCUT2D eigenvalue weighted by Crippen LogP contribution is -2.39. The van der Waals surface area contributed by atoms with Crippen molar-refractivity contribution in [1.82, 2.24) is 4.72 Å². The molecule has 0 aliphatic carbocycles. The average Bonchev–Trinajstić information content (AvgIpc) is 3.11. The van der Waals surface area contributed by atoms with Gasteiger partial charge in [-0.2, -0.15) is 0 Å². The summed E-state index contributed by atoms with van der Waals surface area (Å²) in [5.74, 6) is -0.0621. The standard InChI is InChI=1S/C23H31N3O3S/c1-23(2,3)30(28,29)24-16-7-6-10-22(27)25-19-11-13-20(14-12-19)26-17-15-18-8-4-5-9-21(18)26/h4-5,8-9,11-14,24H,6-7,10,15-17H2,1-3H3,(H,25,27). The van der Waals surface area contributed by atoms with Crippen LogP contribution >= 0.6 is 0 Å². The number of carbonyl (C=O) groups is 1. The second-order valence-corrected chi connectivity index (χ2v) is 11.1. The van der Waals surface area contributed by atoms with Crippen molar-refractivity contribution in [3.63, 3.8) is 0 Å². The van der Waals surface area contributed by atoms with E-state index in [-0.39, 0.29) is 5.91 Å². The first-order chi connectivity index (χ1) is 14.2. The number of carbonyl (C=O) groups excluding carboxylic acids is 1. The summed E-state index contributed by atoms with van der Waals surface area (Å²) in [5.41, 5.74) is 4.49. The van der Waals surface area contributed by atoms with Gasteiger partial charge in [0.2, 0.25) is 15.9 Å². The lowest BCUT2D eigenvalue weighted by atomic mass is 10.2. The zero-order chi connectivity index (χ0) is 21.8. The van der Waals surface area contributed by atoms with Crippen LogP contribution in [-0.2, 0) is 21.2 Å². The number of hydrogen-bond donors (Lipinski definition) is 2. The maximum atomic E-state index is 12.2. The van der Waals surface area contributed by atoms with Crippen LogP contribution in [0.5, 0.6) is 0 Å². The van der Waals surface area contributed by atoms with Crippen LogP contribution in [0.2, 0.25) is 0 Å². The largest absolute Gasteiger partial charge is 0.341 e. The fourth-order valence-electron chi connectivity index (χ4n) is 3.39. The van der Waals surface area contributed by atoms with Gasteiger partial charge in [-0.25, -0.2) is 13.1 Å². The molecule has 0 aromatic heterocycles. The lowest BCUT2D eigenvalue weighted by molar-refractivity contribution is -0.116. The van der Waals surface area contributed by atoms with Crippen LogP contribution in [-0.4, -0.2) is 32.2 Å². The van der Waals surface area contributed by atoms with Crippen LogP contribution < -0.4 is 14.9 Å². The van der Waals surface area contributed by atoms with Crippen molar-refractivity contribution in [3.05, 3.63) is 54.1 Å². The molecule has 2 aromatic carbocycles. The monoisotopic (exact) mass is 429 g/mol. The molecule has 1 amide bonds. The maximum Gasteiger partial charge on any atom is 0.224 e. The highest BCUT2D eigenvalue weighted by Gasteiger charge is 2.28. The number of amides is 1. The summed E-state index contributed by atoms with van der Waals surface area (Å²) in [6, 6.07) is 16.3. The molecule has 0 unspecified atom stereocenters. The number of rotatable bonds is 8. The summed E-state index contributed by atoms with van der Waals surface area (Å²) < 4.78 is 25.7. The quantitative estimate of drug-likeness (QED) is 0.616. The van der Waals surface area contributed by atoms with Crippen LogP contribution in [0.25, 0.3) is 0 Å². The molecule has 1 aliphatic rings. The van der Waals surface area contributed by atoms with Crippen LogP contribution in [0.1, 0.15) is 45.6 Å². The Morgan fingerprint density at radius 3 is 2.43 bits per heavy atom. The van der Waals surface area contributed by atoms with Gasteiger partial charge in [-0.15, -0.1) is 0 Å². The molecule has 1 aliphatic heterocycles. The zero-order valence-electron chi connectivity index (χ0n) is 17.9. The Balaban J connectivity index is 1.43. The smallest absolute Gasteiger partial charge is 0.224 e. The third kappa shape index (κ3) is 5.40. The average molecular weight is 430 g/mol. The van der Waals surface area contributed by atoms with E-state index in [2.05, 4.69) is 39.2 Å². The van der Waals surface area contributed by atoms with E-state index < -0.39 is 14.8 Å². The Morgan fingerprint density at radius 2 is 1.73 bits per heavy atom. The van der Waals surface area contributed by atoms with Gasteiger partial charge in [-0.1, -0.05) is 18.2 Å². The normalized spacial score (nSPS) is 13.9. The van der Waals surface area contributed by atoms with E-state index in [0.29, 0.717) is 25.8 Å². The van der Waals surface area contributed by atoms with Crippen LogP contribution in [0.3, 0.4) is 0 Å². The van der Waals surface area contributed by atoms with E-state index >= 15 is 0 Å². The highest BCUT2D eigenvalue weighted by molar-refractivity contribution is 7.90. The predicted molar refractivity (Wildman–Crippen MR) is 123 cm³/mol.